The Labute approximate surface area is 138 Å². The van der Waals surface area contributed by atoms with E-state index in [1.165, 1.54) is 0 Å². The third-order valence-corrected chi connectivity index (χ3v) is 4.97. The first-order chi connectivity index (χ1) is 10.7. The van der Waals surface area contributed by atoms with Crippen LogP contribution < -0.4 is 10.1 Å². The van der Waals surface area contributed by atoms with Crippen LogP contribution in [0.1, 0.15) is 17.9 Å². The first-order valence-electron chi connectivity index (χ1n) is 7.57. The molecule has 1 saturated heterocycles. The van der Waals surface area contributed by atoms with Gasteiger partial charge in [-0.25, -0.2) is 0 Å². The second-order valence-electron chi connectivity index (χ2n) is 5.86. The van der Waals surface area contributed by atoms with Crippen LogP contribution in [0.15, 0.2) is 22.7 Å². The van der Waals surface area contributed by atoms with Crippen LogP contribution >= 0.6 is 15.9 Å². The minimum Gasteiger partial charge on any atom is -0.492 e. The van der Waals surface area contributed by atoms with Crippen LogP contribution in [0.2, 0.25) is 0 Å². The number of carbonyl (C=O) groups is 1. The standard InChI is InChI=1S/C16H20BrNO4/c17-12-1-2-15-13(5-12)14(9-22-15)16(20)18-6-11(7-19)10-3-4-21-8-10/h1-2,5,10-11,14,19H,3-4,6-9H2,(H,18,20). The average Bonchev–Trinajstić information content (AvgIpc) is 3.16. The lowest BCUT2D eigenvalue weighted by atomic mass is 9.92. The Hall–Kier alpha value is -1.11. The molecule has 3 rings (SSSR count). The summed E-state index contributed by atoms with van der Waals surface area (Å²) >= 11 is 3.43. The average molecular weight is 370 g/mol. The van der Waals surface area contributed by atoms with Crippen LogP contribution in [-0.4, -0.2) is 44.0 Å². The van der Waals surface area contributed by atoms with E-state index in [-0.39, 0.29) is 24.3 Å². The molecule has 0 radical (unpaired) electrons. The molecule has 0 aromatic heterocycles. The van der Waals surface area contributed by atoms with Crippen molar-refractivity contribution in [2.75, 3.05) is 33.0 Å². The van der Waals surface area contributed by atoms with Crippen molar-refractivity contribution in [1.82, 2.24) is 5.32 Å². The van der Waals surface area contributed by atoms with E-state index in [1.807, 2.05) is 18.2 Å². The molecule has 1 aromatic rings. The third-order valence-electron chi connectivity index (χ3n) is 4.47. The SMILES string of the molecule is O=C(NCC(CO)C1CCOC1)C1COc2ccc(Br)cc21. The summed E-state index contributed by atoms with van der Waals surface area (Å²) in [7, 11) is 0. The van der Waals surface area contributed by atoms with E-state index < -0.39 is 0 Å². The topological polar surface area (TPSA) is 67.8 Å². The van der Waals surface area contributed by atoms with Gasteiger partial charge in [-0.2, -0.15) is 0 Å². The minimum atomic E-state index is -0.285. The first kappa shape index (κ1) is 15.8. The Balaban J connectivity index is 1.60. The maximum Gasteiger partial charge on any atom is 0.231 e. The second kappa shape index (κ2) is 6.98. The Morgan fingerprint density at radius 1 is 1.45 bits per heavy atom. The zero-order valence-corrected chi connectivity index (χ0v) is 13.8. The Bertz CT molecular complexity index is 545. The number of benzene rings is 1. The number of fused-ring (bicyclic) bond motifs is 1. The molecule has 6 heteroatoms. The van der Waals surface area contributed by atoms with Crippen molar-refractivity contribution in [3.8, 4) is 5.75 Å². The number of halogens is 1. The molecule has 120 valence electrons. The van der Waals surface area contributed by atoms with Gasteiger partial charge in [0.25, 0.3) is 0 Å². The lowest BCUT2D eigenvalue weighted by molar-refractivity contribution is -0.123. The van der Waals surface area contributed by atoms with Gasteiger partial charge >= 0.3 is 0 Å². The Kier molecular flexibility index (Phi) is 5.00. The van der Waals surface area contributed by atoms with Gasteiger partial charge in [0, 0.05) is 42.3 Å². The van der Waals surface area contributed by atoms with Crippen LogP contribution in [0.25, 0.3) is 0 Å². The molecular formula is C16H20BrNO4. The normalized spacial score (nSPS) is 24.6. The van der Waals surface area contributed by atoms with Gasteiger partial charge in [0.05, 0.1) is 0 Å². The lowest BCUT2D eigenvalue weighted by Crippen LogP contribution is -2.37. The molecule has 5 nitrogen and oxygen atoms in total. The van der Waals surface area contributed by atoms with Gasteiger partial charge in [-0.3, -0.25) is 4.79 Å². The number of carbonyl (C=O) groups excluding carboxylic acids is 1. The van der Waals surface area contributed by atoms with E-state index in [0.29, 0.717) is 25.7 Å². The molecule has 1 aromatic carbocycles. The predicted octanol–water partition coefficient (Wildman–Crippen LogP) is 1.69. The summed E-state index contributed by atoms with van der Waals surface area (Å²) < 4.78 is 11.9. The molecule has 0 bridgehead atoms. The fraction of sp³-hybridized carbons (Fsp3) is 0.562. The highest BCUT2D eigenvalue weighted by Gasteiger charge is 2.32. The predicted molar refractivity (Wildman–Crippen MR) is 84.9 cm³/mol. The van der Waals surface area contributed by atoms with Crippen molar-refractivity contribution in [3.05, 3.63) is 28.2 Å². The minimum absolute atomic E-state index is 0.0470. The maximum atomic E-state index is 12.4. The number of hydrogen-bond acceptors (Lipinski definition) is 4. The molecule has 2 N–H and O–H groups in total. The summed E-state index contributed by atoms with van der Waals surface area (Å²) in [6.45, 7) is 2.32. The molecule has 1 fully saturated rings. The van der Waals surface area contributed by atoms with Gasteiger partial charge in [-0.1, -0.05) is 15.9 Å². The fourth-order valence-electron chi connectivity index (χ4n) is 3.06. The molecule has 0 spiro atoms. The lowest BCUT2D eigenvalue weighted by Gasteiger charge is -2.21. The highest BCUT2D eigenvalue weighted by Crippen LogP contribution is 2.36. The summed E-state index contributed by atoms with van der Waals surface area (Å²) in [6, 6.07) is 5.71. The monoisotopic (exact) mass is 369 g/mol. The van der Waals surface area contributed by atoms with Gasteiger partial charge in [0.15, 0.2) is 0 Å². The molecule has 0 aliphatic carbocycles. The summed E-state index contributed by atoms with van der Waals surface area (Å²) in [5.74, 6) is 0.814. The van der Waals surface area contributed by atoms with Crippen LogP contribution in [0, 0.1) is 11.8 Å². The summed E-state index contributed by atoms with van der Waals surface area (Å²) in [5, 5.41) is 12.5. The molecule has 2 aliphatic heterocycles. The number of aliphatic hydroxyl groups excluding tert-OH is 1. The quantitative estimate of drug-likeness (QED) is 0.828. The summed E-state index contributed by atoms with van der Waals surface area (Å²) in [6.07, 6.45) is 0.948. The Morgan fingerprint density at radius 3 is 3.05 bits per heavy atom. The summed E-state index contributed by atoms with van der Waals surface area (Å²) in [4.78, 5) is 12.4. The van der Waals surface area contributed by atoms with E-state index in [0.717, 1.165) is 28.8 Å². The number of nitrogens with one attached hydrogen (secondary N) is 1. The zero-order valence-electron chi connectivity index (χ0n) is 12.3. The van der Waals surface area contributed by atoms with Crippen molar-refractivity contribution in [3.63, 3.8) is 0 Å². The van der Waals surface area contributed by atoms with Crippen molar-refractivity contribution < 1.29 is 19.4 Å². The van der Waals surface area contributed by atoms with E-state index in [1.54, 1.807) is 0 Å². The molecule has 22 heavy (non-hydrogen) atoms. The van der Waals surface area contributed by atoms with Gasteiger partial charge in [-0.15, -0.1) is 0 Å². The van der Waals surface area contributed by atoms with Gasteiger partial charge in [0.2, 0.25) is 5.91 Å². The smallest absolute Gasteiger partial charge is 0.231 e. The van der Waals surface area contributed by atoms with E-state index in [2.05, 4.69) is 21.2 Å². The zero-order chi connectivity index (χ0) is 15.5. The molecule has 3 atom stereocenters. The van der Waals surface area contributed by atoms with Crippen LogP contribution in [0.3, 0.4) is 0 Å². The number of rotatable bonds is 5. The largest absolute Gasteiger partial charge is 0.492 e. The molecule has 1 amide bonds. The fourth-order valence-corrected chi connectivity index (χ4v) is 3.44. The molecule has 2 aliphatic rings. The Morgan fingerprint density at radius 2 is 2.32 bits per heavy atom. The number of hydrogen-bond donors (Lipinski definition) is 2. The highest BCUT2D eigenvalue weighted by atomic mass is 79.9. The number of amides is 1. The van der Waals surface area contributed by atoms with E-state index in [9.17, 15) is 9.90 Å². The van der Waals surface area contributed by atoms with Crippen molar-refractivity contribution in [1.29, 1.82) is 0 Å². The van der Waals surface area contributed by atoms with Crippen molar-refractivity contribution >= 4 is 21.8 Å². The van der Waals surface area contributed by atoms with Crippen molar-refractivity contribution in [2.24, 2.45) is 11.8 Å². The highest BCUT2D eigenvalue weighted by molar-refractivity contribution is 9.10. The molecule has 2 heterocycles. The number of aliphatic hydroxyl groups is 1. The molecular weight excluding hydrogens is 350 g/mol. The van der Waals surface area contributed by atoms with Crippen LogP contribution in [0.4, 0.5) is 0 Å². The van der Waals surface area contributed by atoms with Crippen molar-refractivity contribution in [2.45, 2.75) is 12.3 Å². The molecule has 3 unspecified atom stereocenters. The van der Waals surface area contributed by atoms with E-state index >= 15 is 0 Å². The molecule has 0 saturated carbocycles. The van der Waals surface area contributed by atoms with Gasteiger partial charge < -0.3 is 19.9 Å². The first-order valence-corrected chi connectivity index (χ1v) is 8.37. The maximum absolute atomic E-state index is 12.4. The number of ether oxygens (including phenoxy) is 2. The summed E-state index contributed by atoms with van der Waals surface area (Å²) in [5.41, 5.74) is 0.914. The van der Waals surface area contributed by atoms with Gasteiger partial charge in [0.1, 0.15) is 18.3 Å². The second-order valence-corrected chi connectivity index (χ2v) is 6.77. The van der Waals surface area contributed by atoms with Gasteiger partial charge in [-0.05, 0) is 30.5 Å². The van der Waals surface area contributed by atoms with Crippen LogP contribution in [0.5, 0.6) is 5.75 Å². The van der Waals surface area contributed by atoms with Crippen LogP contribution in [-0.2, 0) is 9.53 Å². The van der Waals surface area contributed by atoms with E-state index in [4.69, 9.17) is 9.47 Å². The third kappa shape index (κ3) is 3.29.